The summed E-state index contributed by atoms with van der Waals surface area (Å²) < 4.78 is 11.0. The van der Waals surface area contributed by atoms with Crippen LogP contribution in [0, 0.1) is 13.8 Å². The van der Waals surface area contributed by atoms with E-state index in [2.05, 4.69) is 16.4 Å². The summed E-state index contributed by atoms with van der Waals surface area (Å²) in [6.07, 6.45) is 1.67. The number of carbonyl (C=O) groups is 1. The van der Waals surface area contributed by atoms with Gasteiger partial charge in [0, 0.05) is 18.3 Å². The van der Waals surface area contributed by atoms with Gasteiger partial charge in [-0.3, -0.25) is 4.79 Å². The third-order valence-electron chi connectivity index (χ3n) is 3.17. The highest BCUT2D eigenvalue weighted by atomic mass is 16.5. The van der Waals surface area contributed by atoms with Crippen LogP contribution in [0.2, 0.25) is 0 Å². The molecule has 1 N–H and O–H groups in total. The van der Waals surface area contributed by atoms with Crippen molar-refractivity contribution in [3.05, 3.63) is 53.2 Å². The van der Waals surface area contributed by atoms with Gasteiger partial charge in [0.2, 0.25) is 5.88 Å². The number of hydrogen-bond acceptors (Lipinski definition) is 4. The number of hydrogen-bond donors (Lipinski definition) is 1. The first kappa shape index (κ1) is 16.8. The predicted octanol–water partition coefficient (Wildman–Crippen LogP) is 2.79. The summed E-state index contributed by atoms with van der Waals surface area (Å²) in [7, 11) is 0. The van der Waals surface area contributed by atoms with Crippen LogP contribution in [0.15, 0.2) is 36.5 Å². The second-order valence-electron chi connectivity index (χ2n) is 5.29. The van der Waals surface area contributed by atoms with Gasteiger partial charge < -0.3 is 14.8 Å². The molecule has 0 fully saturated rings. The van der Waals surface area contributed by atoms with Crippen LogP contribution < -0.4 is 14.8 Å². The minimum absolute atomic E-state index is 0.0207. The highest BCUT2D eigenvalue weighted by molar-refractivity contribution is 5.77. The van der Waals surface area contributed by atoms with Crippen molar-refractivity contribution < 1.29 is 14.3 Å². The first-order valence-electron chi connectivity index (χ1n) is 7.63. The summed E-state index contributed by atoms with van der Waals surface area (Å²) in [6, 6.07) is 9.58. The second kappa shape index (κ2) is 8.17. The molecule has 5 nitrogen and oxygen atoms in total. The van der Waals surface area contributed by atoms with E-state index in [1.165, 1.54) is 0 Å². The minimum Gasteiger partial charge on any atom is -0.484 e. The standard InChI is InChI=1S/C18H22N2O3/c1-4-22-18-15(6-5-7-19-18)11-20-17(21)12-23-16-9-13(2)8-14(3)10-16/h5-10H,4,11-12H2,1-3H3,(H,20,21). The zero-order valence-electron chi connectivity index (χ0n) is 13.8. The Labute approximate surface area is 136 Å². The molecule has 0 aliphatic heterocycles. The van der Waals surface area contributed by atoms with Crippen LogP contribution in [0.4, 0.5) is 0 Å². The lowest BCUT2D eigenvalue weighted by Gasteiger charge is -2.11. The number of nitrogens with one attached hydrogen (secondary N) is 1. The molecule has 1 aromatic heterocycles. The van der Waals surface area contributed by atoms with E-state index in [1.807, 2.05) is 45.0 Å². The second-order valence-corrected chi connectivity index (χ2v) is 5.29. The molecule has 0 aliphatic rings. The van der Waals surface area contributed by atoms with Crippen LogP contribution in [0.25, 0.3) is 0 Å². The quantitative estimate of drug-likeness (QED) is 0.853. The van der Waals surface area contributed by atoms with E-state index in [1.54, 1.807) is 6.20 Å². The molecule has 0 radical (unpaired) electrons. The highest BCUT2D eigenvalue weighted by Crippen LogP contribution is 2.16. The number of nitrogens with zero attached hydrogens (tertiary/aromatic N) is 1. The summed E-state index contributed by atoms with van der Waals surface area (Å²) in [5.41, 5.74) is 3.06. The maximum Gasteiger partial charge on any atom is 0.258 e. The maximum absolute atomic E-state index is 11.9. The Morgan fingerprint density at radius 2 is 1.91 bits per heavy atom. The fourth-order valence-electron chi connectivity index (χ4n) is 2.24. The van der Waals surface area contributed by atoms with E-state index in [0.717, 1.165) is 16.7 Å². The lowest BCUT2D eigenvalue weighted by atomic mass is 10.1. The smallest absolute Gasteiger partial charge is 0.258 e. The normalized spacial score (nSPS) is 10.2. The monoisotopic (exact) mass is 314 g/mol. The van der Waals surface area contributed by atoms with Crippen molar-refractivity contribution in [1.82, 2.24) is 10.3 Å². The van der Waals surface area contributed by atoms with Gasteiger partial charge in [-0.2, -0.15) is 0 Å². The molecule has 1 amide bonds. The van der Waals surface area contributed by atoms with Gasteiger partial charge in [0.25, 0.3) is 5.91 Å². The van der Waals surface area contributed by atoms with Crippen LogP contribution >= 0.6 is 0 Å². The molecule has 2 rings (SSSR count). The topological polar surface area (TPSA) is 60.5 Å². The number of rotatable bonds is 7. The maximum atomic E-state index is 11.9. The molecule has 0 aliphatic carbocycles. The van der Waals surface area contributed by atoms with E-state index in [-0.39, 0.29) is 12.5 Å². The molecule has 1 aromatic carbocycles. The number of ether oxygens (including phenoxy) is 2. The summed E-state index contributed by atoms with van der Waals surface area (Å²) in [5, 5.41) is 2.81. The molecule has 0 saturated carbocycles. The van der Waals surface area contributed by atoms with Crippen molar-refractivity contribution >= 4 is 5.91 Å². The lowest BCUT2D eigenvalue weighted by Crippen LogP contribution is -2.28. The van der Waals surface area contributed by atoms with Gasteiger partial charge in [0.15, 0.2) is 6.61 Å². The van der Waals surface area contributed by atoms with Crippen LogP contribution in [-0.2, 0) is 11.3 Å². The number of amides is 1. The highest BCUT2D eigenvalue weighted by Gasteiger charge is 2.07. The van der Waals surface area contributed by atoms with Gasteiger partial charge in [-0.25, -0.2) is 4.98 Å². The minimum atomic E-state index is -0.185. The average Bonchev–Trinajstić information content (AvgIpc) is 2.51. The largest absolute Gasteiger partial charge is 0.484 e. The Balaban J connectivity index is 1.86. The van der Waals surface area contributed by atoms with Crippen molar-refractivity contribution in [1.29, 1.82) is 0 Å². The fraction of sp³-hybridized carbons (Fsp3) is 0.333. The Hall–Kier alpha value is -2.56. The van der Waals surface area contributed by atoms with Gasteiger partial charge in [0.05, 0.1) is 6.61 Å². The SMILES string of the molecule is CCOc1ncccc1CNC(=O)COc1cc(C)cc(C)c1. The number of pyridine rings is 1. The molecule has 5 heteroatoms. The van der Waals surface area contributed by atoms with Crippen molar-refractivity contribution in [2.24, 2.45) is 0 Å². The van der Waals surface area contributed by atoms with E-state index >= 15 is 0 Å². The number of aromatic nitrogens is 1. The zero-order chi connectivity index (χ0) is 16.7. The van der Waals surface area contributed by atoms with E-state index in [0.29, 0.717) is 24.8 Å². The molecule has 0 spiro atoms. The van der Waals surface area contributed by atoms with Crippen molar-refractivity contribution in [2.45, 2.75) is 27.3 Å². The van der Waals surface area contributed by atoms with E-state index < -0.39 is 0 Å². The number of carbonyl (C=O) groups excluding carboxylic acids is 1. The molecule has 0 unspecified atom stereocenters. The summed E-state index contributed by atoms with van der Waals surface area (Å²) >= 11 is 0. The van der Waals surface area contributed by atoms with E-state index in [9.17, 15) is 4.79 Å². The molecule has 0 bridgehead atoms. The third kappa shape index (κ3) is 5.29. The molecule has 0 saturated heterocycles. The van der Waals surface area contributed by atoms with Crippen LogP contribution in [0.1, 0.15) is 23.6 Å². The fourth-order valence-corrected chi connectivity index (χ4v) is 2.24. The summed E-state index contributed by atoms with van der Waals surface area (Å²) in [5.74, 6) is 1.06. The van der Waals surface area contributed by atoms with Gasteiger partial charge in [0.1, 0.15) is 5.75 Å². The van der Waals surface area contributed by atoms with Crippen molar-refractivity contribution in [3.8, 4) is 11.6 Å². The molecule has 1 heterocycles. The van der Waals surface area contributed by atoms with Crippen molar-refractivity contribution in [2.75, 3.05) is 13.2 Å². The molecule has 122 valence electrons. The first-order valence-corrected chi connectivity index (χ1v) is 7.63. The van der Waals surface area contributed by atoms with Gasteiger partial charge in [-0.05, 0) is 50.1 Å². The average molecular weight is 314 g/mol. The lowest BCUT2D eigenvalue weighted by molar-refractivity contribution is -0.123. The Bertz CT molecular complexity index is 651. The van der Waals surface area contributed by atoms with Gasteiger partial charge in [-0.1, -0.05) is 12.1 Å². The molecule has 2 aromatic rings. The number of aryl methyl sites for hydroxylation is 2. The molecule has 23 heavy (non-hydrogen) atoms. The van der Waals surface area contributed by atoms with Gasteiger partial charge >= 0.3 is 0 Å². The molecule has 0 atom stereocenters. The Morgan fingerprint density at radius 3 is 2.61 bits per heavy atom. The Kier molecular flexibility index (Phi) is 5.97. The van der Waals surface area contributed by atoms with E-state index in [4.69, 9.17) is 9.47 Å². The summed E-state index contributed by atoms with van der Waals surface area (Å²) in [6.45, 7) is 6.77. The molecular formula is C18H22N2O3. The first-order chi connectivity index (χ1) is 11.1. The Morgan fingerprint density at radius 1 is 1.17 bits per heavy atom. The zero-order valence-corrected chi connectivity index (χ0v) is 13.8. The summed E-state index contributed by atoms with van der Waals surface area (Å²) in [4.78, 5) is 16.1. The molecular weight excluding hydrogens is 292 g/mol. The third-order valence-corrected chi connectivity index (χ3v) is 3.17. The van der Waals surface area contributed by atoms with Gasteiger partial charge in [-0.15, -0.1) is 0 Å². The van der Waals surface area contributed by atoms with Crippen LogP contribution in [0.3, 0.4) is 0 Å². The number of benzene rings is 1. The van der Waals surface area contributed by atoms with Crippen molar-refractivity contribution in [3.63, 3.8) is 0 Å². The predicted molar refractivity (Wildman–Crippen MR) is 88.7 cm³/mol. The van der Waals surface area contributed by atoms with Crippen LogP contribution in [-0.4, -0.2) is 24.1 Å². The van der Waals surface area contributed by atoms with Crippen LogP contribution in [0.5, 0.6) is 11.6 Å².